The first-order valence-corrected chi connectivity index (χ1v) is 9.25. The van der Waals surface area contributed by atoms with Gasteiger partial charge in [0, 0.05) is 23.5 Å². The molecular weight excluding hydrogens is 346 g/mol. The smallest absolute Gasteiger partial charge is 0.0731 e. The first-order chi connectivity index (χ1) is 10.2. The molecule has 0 amide bonds. The van der Waals surface area contributed by atoms with Crippen LogP contribution >= 0.6 is 27.3 Å². The molecule has 114 valence electrons. The number of likely N-dealkylation sites (N-methyl/N-ethyl adjacent to an activating group) is 1. The van der Waals surface area contributed by atoms with E-state index in [4.69, 9.17) is 5.10 Å². The van der Waals surface area contributed by atoms with E-state index in [-0.39, 0.29) is 0 Å². The normalized spacial score (nSPS) is 17.5. The fourth-order valence-electron chi connectivity index (χ4n) is 3.07. The summed E-state index contributed by atoms with van der Waals surface area (Å²) in [6.45, 7) is 2.14. The zero-order valence-electron chi connectivity index (χ0n) is 12.6. The van der Waals surface area contributed by atoms with Crippen LogP contribution < -0.4 is 5.32 Å². The molecular formula is C16H22BrN3S. The summed E-state index contributed by atoms with van der Waals surface area (Å²) in [6, 6.07) is 5.42. The predicted octanol–water partition coefficient (Wildman–Crippen LogP) is 4.63. The Morgan fingerprint density at radius 3 is 2.86 bits per heavy atom. The van der Waals surface area contributed by atoms with Gasteiger partial charge in [-0.15, -0.1) is 11.3 Å². The van der Waals surface area contributed by atoms with Gasteiger partial charge in [0.1, 0.15) is 0 Å². The first kappa shape index (κ1) is 15.3. The molecule has 0 bridgehead atoms. The van der Waals surface area contributed by atoms with E-state index in [1.807, 2.05) is 18.4 Å². The lowest BCUT2D eigenvalue weighted by Gasteiger charge is -2.13. The molecule has 1 aliphatic carbocycles. The van der Waals surface area contributed by atoms with E-state index in [2.05, 4.69) is 51.2 Å². The number of nitrogens with zero attached hydrogens (tertiary/aromatic N) is 2. The van der Waals surface area contributed by atoms with Crippen molar-refractivity contribution in [1.82, 2.24) is 15.1 Å². The van der Waals surface area contributed by atoms with Crippen molar-refractivity contribution in [3.05, 3.63) is 38.3 Å². The standard InChI is InChI=1S/C16H22BrN3S/c1-11-9-15(21-16(11)17)14(18-2)10-12-7-8-20(19-12)13-5-3-4-6-13/h7-9,13-14,18H,3-6,10H2,1-2H3. The summed E-state index contributed by atoms with van der Waals surface area (Å²) in [4.78, 5) is 1.37. The number of nitrogens with one attached hydrogen (secondary N) is 1. The van der Waals surface area contributed by atoms with Crippen LogP contribution in [-0.2, 0) is 6.42 Å². The topological polar surface area (TPSA) is 29.9 Å². The number of rotatable bonds is 5. The quantitative estimate of drug-likeness (QED) is 0.834. The van der Waals surface area contributed by atoms with E-state index in [1.165, 1.54) is 45.6 Å². The lowest BCUT2D eigenvalue weighted by Crippen LogP contribution is -2.18. The monoisotopic (exact) mass is 367 g/mol. The minimum Gasteiger partial charge on any atom is -0.312 e. The number of thiophene rings is 1. The second-order valence-corrected chi connectivity index (χ2v) is 8.28. The molecule has 2 heterocycles. The maximum Gasteiger partial charge on any atom is 0.0731 e. The van der Waals surface area contributed by atoms with Crippen LogP contribution in [0.5, 0.6) is 0 Å². The molecule has 2 aromatic heterocycles. The summed E-state index contributed by atoms with van der Waals surface area (Å²) in [5, 5.41) is 8.23. The molecule has 1 fully saturated rings. The van der Waals surface area contributed by atoms with E-state index < -0.39 is 0 Å². The van der Waals surface area contributed by atoms with Crippen molar-refractivity contribution >= 4 is 27.3 Å². The Kier molecular flexibility index (Phi) is 4.82. The van der Waals surface area contributed by atoms with Gasteiger partial charge in [-0.3, -0.25) is 4.68 Å². The second-order valence-electron chi connectivity index (χ2n) is 5.88. The van der Waals surface area contributed by atoms with Gasteiger partial charge >= 0.3 is 0 Å². The summed E-state index contributed by atoms with van der Waals surface area (Å²) >= 11 is 5.44. The second kappa shape index (κ2) is 6.63. The average molecular weight is 368 g/mol. The lowest BCUT2D eigenvalue weighted by atomic mass is 10.1. The summed E-state index contributed by atoms with van der Waals surface area (Å²) in [7, 11) is 2.03. The van der Waals surface area contributed by atoms with Gasteiger partial charge in [-0.1, -0.05) is 12.8 Å². The van der Waals surface area contributed by atoms with E-state index in [0.29, 0.717) is 12.1 Å². The van der Waals surface area contributed by atoms with E-state index in [1.54, 1.807) is 0 Å². The molecule has 0 spiro atoms. The number of aromatic nitrogens is 2. The number of hydrogen-bond acceptors (Lipinski definition) is 3. The highest BCUT2D eigenvalue weighted by Crippen LogP contribution is 2.33. The largest absolute Gasteiger partial charge is 0.312 e. The van der Waals surface area contributed by atoms with Crippen molar-refractivity contribution in [1.29, 1.82) is 0 Å². The Balaban J connectivity index is 1.71. The fraction of sp³-hybridized carbons (Fsp3) is 0.562. The fourth-order valence-corrected chi connectivity index (χ4v) is 4.75. The van der Waals surface area contributed by atoms with E-state index in [0.717, 1.165) is 6.42 Å². The van der Waals surface area contributed by atoms with Gasteiger partial charge in [0.15, 0.2) is 0 Å². The van der Waals surface area contributed by atoms with Crippen molar-refractivity contribution in [3.8, 4) is 0 Å². The van der Waals surface area contributed by atoms with Crippen LogP contribution in [0.3, 0.4) is 0 Å². The SMILES string of the molecule is CNC(Cc1ccn(C2CCCC2)n1)c1cc(C)c(Br)s1. The van der Waals surface area contributed by atoms with Gasteiger partial charge in [0.25, 0.3) is 0 Å². The number of aryl methyl sites for hydroxylation is 1. The highest BCUT2D eigenvalue weighted by Gasteiger charge is 2.19. The molecule has 0 aromatic carbocycles. The molecule has 3 rings (SSSR count). The van der Waals surface area contributed by atoms with Gasteiger partial charge in [-0.05, 0) is 60.4 Å². The van der Waals surface area contributed by atoms with E-state index >= 15 is 0 Å². The molecule has 1 unspecified atom stereocenters. The van der Waals surface area contributed by atoms with Crippen molar-refractivity contribution in [2.24, 2.45) is 0 Å². The van der Waals surface area contributed by atoms with Gasteiger partial charge in [0.2, 0.25) is 0 Å². The molecule has 0 radical (unpaired) electrons. The summed E-state index contributed by atoms with van der Waals surface area (Å²) in [5.74, 6) is 0. The molecule has 5 heteroatoms. The predicted molar refractivity (Wildman–Crippen MR) is 92.0 cm³/mol. The van der Waals surface area contributed by atoms with Crippen molar-refractivity contribution in [2.45, 2.75) is 51.1 Å². The van der Waals surface area contributed by atoms with Crippen LogP contribution in [0.4, 0.5) is 0 Å². The lowest BCUT2D eigenvalue weighted by molar-refractivity contribution is 0.459. The Bertz CT molecular complexity index is 579. The zero-order chi connectivity index (χ0) is 14.8. The molecule has 21 heavy (non-hydrogen) atoms. The van der Waals surface area contributed by atoms with Crippen LogP contribution in [0, 0.1) is 6.92 Å². The maximum absolute atomic E-state index is 4.80. The summed E-state index contributed by atoms with van der Waals surface area (Å²) in [5.41, 5.74) is 2.50. The van der Waals surface area contributed by atoms with Crippen molar-refractivity contribution < 1.29 is 0 Å². The molecule has 3 nitrogen and oxygen atoms in total. The molecule has 1 N–H and O–H groups in total. The van der Waals surface area contributed by atoms with Crippen molar-refractivity contribution in [3.63, 3.8) is 0 Å². The Morgan fingerprint density at radius 2 is 2.24 bits per heavy atom. The Labute approximate surface area is 138 Å². The van der Waals surface area contributed by atoms with Crippen LogP contribution in [0.25, 0.3) is 0 Å². The van der Waals surface area contributed by atoms with Crippen LogP contribution in [-0.4, -0.2) is 16.8 Å². The Morgan fingerprint density at radius 1 is 1.48 bits per heavy atom. The molecule has 1 saturated carbocycles. The van der Waals surface area contributed by atoms with Gasteiger partial charge in [0.05, 0.1) is 15.5 Å². The zero-order valence-corrected chi connectivity index (χ0v) is 15.0. The highest BCUT2D eigenvalue weighted by molar-refractivity contribution is 9.11. The first-order valence-electron chi connectivity index (χ1n) is 7.64. The van der Waals surface area contributed by atoms with Gasteiger partial charge in [-0.2, -0.15) is 5.10 Å². The average Bonchev–Trinajstić information content (AvgIpc) is 3.18. The van der Waals surface area contributed by atoms with Gasteiger partial charge in [-0.25, -0.2) is 0 Å². The van der Waals surface area contributed by atoms with Crippen LogP contribution in [0.2, 0.25) is 0 Å². The van der Waals surface area contributed by atoms with Crippen molar-refractivity contribution in [2.75, 3.05) is 7.05 Å². The molecule has 1 atom stereocenters. The van der Waals surface area contributed by atoms with Crippen LogP contribution in [0.15, 0.2) is 22.1 Å². The number of halogens is 1. The summed E-state index contributed by atoms with van der Waals surface area (Å²) < 4.78 is 3.42. The minimum atomic E-state index is 0.340. The third kappa shape index (κ3) is 3.41. The van der Waals surface area contributed by atoms with Crippen LogP contribution in [0.1, 0.15) is 53.9 Å². The van der Waals surface area contributed by atoms with E-state index in [9.17, 15) is 0 Å². The molecule has 0 aliphatic heterocycles. The van der Waals surface area contributed by atoms with Gasteiger partial charge < -0.3 is 5.32 Å². The summed E-state index contributed by atoms with van der Waals surface area (Å²) in [6.07, 6.45) is 8.38. The Hall–Kier alpha value is -0.650. The highest BCUT2D eigenvalue weighted by atomic mass is 79.9. The molecule has 1 aliphatic rings. The molecule has 2 aromatic rings. The minimum absolute atomic E-state index is 0.340. The third-order valence-corrected chi connectivity index (χ3v) is 6.59. The number of hydrogen-bond donors (Lipinski definition) is 1. The maximum atomic E-state index is 4.80. The third-order valence-electron chi connectivity index (χ3n) is 4.34. The molecule has 0 saturated heterocycles.